The summed E-state index contributed by atoms with van der Waals surface area (Å²) >= 11 is 0. The molecular formula is C20H17F3N2O. The monoisotopic (exact) mass is 358 g/mol. The number of hydrogen-bond acceptors (Lipinski definition) is 3. The molecule has 26 heavy (non-hydrogen) atoms. The van der Waals surface area contributed by atoms with Gasteiger partial charge in [-0.05, 0) is 42.5 Å². The molecule has 4 rings (SSSR count). The van der Waals surface area contributed by atoms with Crippen LogP contribution in [0, 0.1) is 17.5 Å². The van der Waals surface area contributed by atoms with Gasteiger partial charge in [-0.1, -0.05) is 6.92 Å². The van der Waals surface area contributed by atoms with E-state index < -0.39 is 29.6 Å². The van der Waals surface area contributed by atoms with Gasteiger partial charge in [0, 0.05) is 34.5 Å². The summed E-state index contributed by atoms with van der Waals surface area (Å²) in [5.74, 6) is -2.66. The maximum absolute atomic E-state index is 14.2. The Kier molecular flexibility index (Phi) is 4.07. The van der Waals surface area contributed by atoms with Gasteiger partial charge in [0.2, 0.25) is 0 Å². The normalized spacial score (nSPS) is 19.3. The summed E-state index contributed by atoms with van der Waals surface area (Å²) < 4.78 is 46.9. The molecule has 1 aliphatic rings. The number of pyridine rings is 1. The Morgan fingerprint density at radius 1 is 1.12 bits per heavy atom. The molecule has 0 unspecified atom stereocenters. The number of hydrogen-bond donors (Lipinski definition) is 1. The minimum atomic E-state index is -1.23. The fourth-order valence-electron chi connectivity index (χ4n) is 3.43. The van der Waals surface area contributed by atoms with Gasteiger partial charge >= 0.3 is 0 Å². The molecule has 0 saturated heterocycles. The van der Waals surface area contributed by atoms with Crippen molar-refractivity contribution in [3.8, 4) is 5.75 Å². The van der Waals surface area contributed by atoms with Crippen LogP contribution in [0.1, 0.15) is 29.8 Å². The van der Waals surface area contributed by atoms with Crippen LogP contribution in [0.15, 0.2) is 36.5 Å². The molecule has 0 amide bonds. The van der Waals surface area contributed by atoms with Gasteiger partial charge in [-0.15, -0.1) is 0 Å². The minimum absolute atomic E-state index is 0.0777. The summed E-state index contributed by atoms with van der Waals surface area (Å²) in [6.45, 7) is 2.02. The lowest BCUT2D eigenvalue weighted by atomic mass is 9.90. The van der Waals surface area contributed by atoms with Crippen molar-refractivity contribution in [2.45, 2.75) is 31.9 Å². The molecule has 1 aliphatic heterocycles. The first-order valence-electron chi connectivity index (χ1n) is 8.45. The topological polar surface area (TPSA) is 48.1 Å². The zero-order chi connectivity index (χ0) is 18.4. The standard InChI is InChI=1S/C20H17F3N2O/c1-2-11-5-12-10(9-25-11)3-4-19-13(12)7-18(24)20(26-19)14-6-16(22)17(23)8-15(14)21/h3-6,8-9,18,20H,2,7,24H2,1H3/t18-,20+/m0/s1. The van der Waals surface area contributed by atoms with E-state index in [0.717, 1.165) is 34.5 Å². The number of aromatic nitrogens is 1. The molecule has 0 fully saturated rings. The molecule has 6 heteroatoms. The highest BCUT2D eigenvalue weighted by Gasteiger charge is 2.32. The van der Waals surface area contributed by atoms with Gasteiger partial charge in [-0.3, -0.25) is 4.98 Å². The van der Waals surface area contributed by atoms with Gasteiger partial charge in [-0.25, -0.2) is 13.2 Å². The maximum Gasteiger partial charge on any atom is 0.161 e. The first-order valence-corrected chi connectivity index (χ1v) is 8.45. The van der Waals surface area contributed by atoms with Crippen molar-refractivity contribution in [1.82, 2.24) is 4.98 Å². The minimum Gasteiger partial charge on any atom is -0.484 e. The van der Waals surface area contributed by atoms with Crippen molar-refractivity contribution < 1.29 is 17.9 Å². The van der Waals surface area contributed by atoms with E-state index >= 15 is 0 Å². The number of rotatable bonds is 2. The Labute approximate surface area is 148 Å². The summed E-state index contributed by atoms with van der Waals surface area (Å²) in [6.07, 6.45) is 2.15. The SMILES string of the molecule is CCc1cc2c3c(ccc2cn1)O[C@H](c1cc(F)c(F)cc1F)[C@@H](N)C3. The van der Waals surface area contributed by atoms with E-state index in [1.54, 1.807) is 12.3 Å². The van der Waals surface area contributed by atoms with Gasteiger partial charge < -0.3 is 10.5 Å². The van der Waals surface area contributed by atoms with E-state index in [-0.39, 0.29) is 5.56 Å². The van der Waals surface area contributed by atoms with Crippen LogP contribution in [0.25, 0.3) is 10.8 Å². The van der Waals surface area contributed by atoms with Crippen molar-refractivity contribution in [3.05, 3.63) is 70.8 Å². The largest absolute Gasteiger partial charge is 0.484 e. The zero-order valence-corrected chi connectivity index (χ0v) is 14.1. The van der Waals surface area contributed by atoms with E-state index in [0.29, 0.717) is 18.2 Å². The molecule has 0 radical (unpaired) electrons. The summed E-state index contributed by atoms with van der Waals surface area (Å²) in [6, 6.07) is 6.40. The average molecular weight is 358 g/mol. The first-order chi connectivity index (χ1) is 12.5. The molecular weight excluding hydrogens is 341 g/mol. The number of aryl methyl sites for hydroxylation is 1. The molecule has 1 aromatic heterocycles. The molecule has 2 N–H and O–H groups in total. The van der Waals surface area contributed by atoms with Crippen molar-refractivity contribution in [2.75, 3.05) is 0 Å². The molecule has 0 spiro atoms. The van der Waals surface area contributed by atoms with Gasteiger partial charge in [0.15, 0.2) is 11.6 Å². The number of halogens is 3. The van der Waals surface area contributed by atoms with Crippen LogP contribution >= 0.6 is 0 Å². The predicted molar refractivity (Wildman–Crippen MR) is 92.5 cm³/mol. The van der Waals surface area contributed by atoms with Crippen molar-refractivity contribution in [3.63, 3.8) is 0 Å². The van der Waals surface area contributed by atoms with Crippen LogP contribution in [-0.2, 0) is 12.8 Å². The molecule has 3 nitrogen and oxygen atoms in total. The molecule has 0 saturated carbocycles. The number of benzene rings is 2. The number of fused-ring (bicyclic) bond motifs is 3. The van der Waals surface area contributed by atoms with E-state index in [1.165, 1.54) is 0 Å². The summed E-state index contributed by atoms with van der Waals surface area (Å²) in [5.41, 5.74) is 8.02. The van der Waals surface area contributed by atoms with E-state index in [2.05, 4.69) is 4.98 Å². The zero-order valence-electron chi connectivity index (χ0n) is 14.1. The number of ether oxygens (including phenoxy) is 1. The van der Waals surface area contributed by atoms with E-state index in [9.17, 15) is 13.2 Å². The summed E-state index contributed by atoms with van der Waals surface area (Å²) in [4.78, 5) is 4.39. The van der Waals surface area contributed by atoms with Crippen LogP contribution < -0.4 is 10.5 Å². The van der Waals surface area contributed by atoms with Gasteiger partial charge in [0.05, 0.1) is 6.04 Å². The van der Waals surface area contributed by atoms with E-state index in [1.807, 2.05) is 19.1 Å². The molecule has 2 atom stereocenters. The molecule has 2 heterocycles. The predicted octanol–water partition coefficient (Wildman–Crippen LogP) is 4.22. The van der Waals surface area contributed by atoms with Crippen LogP contribution in [0.3, 0.4) is 0 Å². The fraction of sp³-hybridized carbons (Fsp3) is 0.250. The Morgan fingerprint density at radius 2 is 1.88 bits per heavy atom. The Morgan fingerprint density at radius 3 is 2.65 bits per heavy atom. The molecule has 0 bridgehead atoms. The van der Waals surface area contributed by atoms with Crippen LogP contribution in [0.2, 0.25) is 0 Å². The Bertz CT molecular complexity index is 1010. The Balaban J connectivity index is 1.80. The van der Waals surface area contributed by atoms with Crippen LogP contribution in [0.4, 0.5) is 13.2 Å². The van der Waals surface area contributed by atoms with Gasteiger partial charge in [0.25, 0.3) is 0 Å². The second-order valence-electron chi connectivity index (χ2n) is 6.49. The third-order valence-electron chi connectivity index (χ3n) is 4.82. The molecule has 3 aromatic rings. The highest BCUT2D eigenvalue weighted by atomic mass is 19.2. The Hall–Kier alpha value is -2.60. The highest BCUT2D eigenvalue weighted by molar-refractivity contribution is 5.87. The van der Waals surface area contributed by atoms with E-state index in [4.69, 9.17) is 10.5 Å². The fourth-order valence-corrected chi connectivity index (χ4v) is 3.43. The second-order valence-corrected chi connectivity index (χ2v) is 6.49. The third-order valence-corrected chi connectivity index (χ3v) is 4.82. The van der Waals surface area contributed by atoms with Crippen LogP contribution in [0.5, 0.6) is 5.75 Å². The lowest BCUT2D eigenvalue weighted by Gasteiger charge is -2.32. The lowest BCUT2D eigenvalue weighted by Crippen LogP contribution is -2.38. The van der Waals surface area contributed by atoms with Crippen molar-refractivity contribution in [2.24, 2.45) is 5.73 Å². The quantitative estimate of drug-likeness (QED) is 0.698. The number of nitrogens with two attached hydrogens (primary N) is 1. The lowest BCUT2D eigenvalue weighted by molar-refractivity contribution is 0.149. The molecule has 0 aliphatic carbocycles. The number of nitrogens with zero attached hydrogens (tertiary/aromatic N) is 1. The summed E-state index contributed by atoms with van der Waals surface area (Å²) in [5, 5.41) is 1.96. The average Bonchev–Trinajstić information content (AvgIpc) is 2.64. The van der Waals surface area contributed by atoms with Gasteiger partial charge in [-0.2, -0.15) is 0 Å². The maximum atomic E-state index is 14.2. The smallest absolute Gasteiger partial charge is 0.161 e. The summed E-state index contributed by atoms with van der Waals surface area (Å²) in [7, 11) is 0. The highest BCUT2D eigenvalue weighted by Crippen LogP contribution is 2.39. The molecule has 2 aromatic carbocycles. The third kappa shape index (κ3) is 2.70. The van der Waals surface area contributed by atoms with Crippen LogP contribution in [-0.4, -0.2) is 11.0 Å². The van der Waals surface area contributed by atoms with Crippen molar-refractivity contribution >= 4 is 10.8 Å². The second kappa shape index (κ2) is 6.29. The first kappa shape index (κ1) is 16.8. The molecule has 134 valence electrons. The van der Waals surface area contributed by atoms with Gasteiger partial charge in [0.1, 0.15) is 17.7 Å². The van der Waals surface area contributed by atoms with Crippen molar-refractivity contribution in [1.29, 1.82) is 0 Å².